The van der Waals surface area contributed by atoms with Crippen LogP contribution in [0.5, 0.6) is 0 Å². The normalized spacial score (nSPS) is 12.2. The maximum absolute atomic E-state index is 13.6. The quantitative estimate of drug-likeness (QED) is 0.372. The lowest BCUT2D eigenvalue weighted by molar-refractivity contribution is 0.532. The molecule has 11 nitrogen and oxygen atoms in total. The Morgan fingerprint density at radius 3 is 2.76 bits per heavy atom. The van der Waals surface area contributed by atoms with E-state index in [-0.39, 0.29) is 23.3 Å². The molecule has 0 bridgehead atoms. The van der Waals surface area contributed by atoms with Gasteiger partial charge in [0, 0.05) is 19.2 Å². The molecule has 0 saturated heterocycles. The van der Waals surface area contributed by atoms with Crippen molar-refractivity contribution < 1.29 is 4.42 Å². The molecule has 4 aromatic heterocycles. The third-order valence-electron chi connectivity index (χ3n) is 5.41. The molecule has 5 aromatic rings. The van der Waals surface area contributed by atoms with Crippen LogP contribution < -0.4 is 16.6 Å². The minimum absolute atomic E-state index is 0.156. The number of nitrogens with two attached hydrogens (primary N) is 1. The lowest BCUT2D eigenvalue weighted by Crippen LogP contribution is -2.26. The van der Waals surface area contributed by atoms with Gasteiger partial charge >= 0.3 is 0 Å². The van der Waals surface area contributed by atoms with Crippen molar-refractivity contribution in [3.05, 3.63) is 70.4 Å². The van der Waals surface area contributed by atoms with Gasteiger partial charge in [-0.1, -0.05) is 18.2 Å². The molecule has 0 amide bonds. The van der Waals surface area contributed by atoms with E-state index in [1.165, 1.54) is 6.33 Å². The Bertz CT molecular complexity index is 1520. The highest BCUT2D eigenvalue weighted by Crippen LogP contribution is 2.32. The molecule has 4 N–H and O–H groups in total. The Morgan fingerprint density at radius 2 is 2.03 bits per heavy atom. The molecule has 0 spiro atoms. The maximum Gasteiger partial charge on any atom is 0.264 e. The summed E-state index contributed by atoms with van der Waals surface area (Å²) in [4.78, 5) is 22.0. The maximum atomic E-state index is 13.6. The van der Waals surface area contributed by atoms with E-state index in [1.807, 2.05) is 38.1 Å². The second kappa shape index (κ2) is 7.86. The Kier molecular flexibility index (Phi) is 4.85. The van der Waals surface area contributed by atoms with Crippen LogP contribution in [0.15, 0.2) is 52.1 Å². The first-order valence-electron chi connectivity index (χ1n) is 10.3. The van der Waals surface area contributed by atoms with Crippen molar-refractivity contribution >= 4 is 22.4 Å². The van der Waals surface area contributed by atoms with E-state index in [0.717, 1.165) is 10.9 Å². The molecule has 0 radical (unpaired) electrons. The summed E-state index contributed by atoms with van der Waals surface area (Å²) >= 11 is 0. The summed E-state index contributed by atoms with van der Waals surface area (Å²) < 4.78 is 7.15. The summed E-state index contributed by atoms with van der Waals surface area (Å²) in [5, 5.41) is 19.8. The molecular formula is C22H21N9O2. The van der Waals surface area contributed by atoms with Gasteiger partial charge in [-0.2, -0.15) is 5.10 Å². The van der Waals surface area contributed by atoms with Crippen molar-refractivity contribution in [2.24, 2.45) is 0 Å². The second-order valence-electron chi connectivity index (χ2n) is 7.66. The van der Waals surface area contributed by atoms with Crippen LogP contribution in [-0.4, -0.2) is 34.9 Å². The van der Waals surface area contributed by atoms with E-state index in [0.29, 0.717) is 34.2 Å². The molecule has 0 aliphatic carbocycles. The number of nitrogens with zero attached hydrogens (tertiary/aromatic N) is 6. The first kappa shape index (κ1) is 20.4. The molecule has 0 saturated carbocycles. The van der Waals surface area contributed by atoms with Gasteiger partial charge in [0.05, 0.1) is 17.1 Å². The fourth-order valence-electron chi connectivity index (χ4n) is 3.88. The molecule has 1 unspecified atom stereocenters. The number of hydrogen-bond donors (Lipinski definition) is 3. The standard InChI is InChI=1S/C22H21N9O2/c1-11-5-4-6-14-9-15(31(22(32)17(11)14)16-7-8-26-29-16)12(2)27-20-18(19(23)24-10-25-20)21-30-28-13(3)33-21/h4-10,12H,1-3H3,(H,26,29)(H3,23,24,25,27). The molecule has 33 heavy (non-hydrogen) atoms. The second-order valence-corrected chi connectivity index (χ2v) is 7.66. The van der Waals surface area contributed by atoms with Crippen molar-refractivity contribution in [3.8, 4) is 17.3 Å². The molecule has 4 heterocycles. The SMILES string of the molecule is Cc1nnc(-c2c(N)ncnc2NC(C)c2cc3cccc(C)c3c(=O)n2-c2cc[nH]n2)o1. The fraction of sp³-hybridized carbons (Fsp3) is 0.182. The van der Waals surface area contributed by atoms with Crippen LogP contribution in [-0.2, 0) is 0 Å². The number of rotatable bonds is 5. The largest absolute Gasteiger partial charge is 0.421 e. The Labute approximate surface area is 187 Å². The van der Waals surface area contributed by atoms with Crippen LogP contribution in [0.1, 0.15) is 30.1 Å². The van der Waals surface area contributed by atoms with Crippen LogP contribution in [0, 0.1) is 13.8 Å². The summed E-state index contributed by atoms with van der Waals surface area (Å²) in [6, 6.07) is 9.11. The van der Waals surface area contributed by atoms with Crippen molar-refractivity contribution in [1.29, 1.82) is 0 Å². The highest BCUT2D eigenvalue weighted by molar-refractivity contribution is 5.85. The molecule has 5 rings (SSSR count). The number of aromatic nitrogens is 7. The first-order chi connectivity index (χ1) is 15.9. The van der Waals surface area contributed by atoms with Crippen molar-refractivity contribution in [2.75, 3.05) is 11.1 Å². The molecule has 0 aliphatic heterocycles. The smallest absolute Gasteiger partial charge is 0.264 e. The monoisotopic (exact) mass is 443 g/mol. The molecule has 0 aliphatic rings. The van der Waals surface area contributed by atoms with Gasteiger partial charge in [-0.3, -0.25) is 14.5 Å². The summed E-state index contributed by atoms with van der Waals surface area (Å²) in [6.07, 6.45) is 3.02. The van der Waals surface area contributed by atoms with E-state index in [4.69, 9.17) is 10.2 Å². The molecule has 1 atom stereocenters. The number of nitrogens with one attached hydrogen (secondary N) is 2. The third kappa shape index (κ3) is 3.49. The average Bonchev–Trinajstić information content (AvgIpc) is 3.45. The zero-order chi connectivity index (χ0) is 23.1. The first-order valence-corrected chi connectivity index (χ1v) is 10.3. The highest BCUT2D eigenvalue weighted by atomic mass is 16.4. The lowest BCUT2D eigenvalue weighted by Gasteiger charge is -2.21. The van der Waals surface area contributed by atoms with Gasteiger partial charge in [-0.15, -0.1) is 10.2 Å². The predicted molar refractivity (Wildman–Crippen MR) is 123 cm³/mol. The van der Waals surface area contributed by atoms with Crippen LogP contribution in [0.3, 0.4) is 0 Å². The van der Waals surface area contributed by atoms with Gasteiger partial charge in [0.1, 0.15) is 23.5 Å². The topological polar surface area (TPSA) is 153 Å². The average molecular weight is 443 g/mol. The minimum Gasteiger partial charge on any atom is -0.421 e. The number of nitrogen functional groups attached to an aromatic ring is 1. The van der Waals surface area contributed by atoms with Crippen LogP contribution >= 0.6 is 0 Å². The van der Waals surface area contributed by atoms with Gasteiger partial charge in [-0.25, -0.2) is 9.97 Å². The van der Waals surface area contributed by atoms with Gasteiger partial charge in [0.25, 0.3) is 11.4 Å². The third-order valence-corrected chi connectivity index (χ3v) is 5.41. The number of pyridine rings is 1. The van der Waals surface area contributed by atoms with Gasteiger partial charge < -0.3 is 15.5 Å². The van der Waals surface area contributed by atoms with Crippen LogP contribution in [0.25, 0.3) is 28.0 Å². The number of aryl methyl sites for hydroxylation is 2. The van der Waals surface area contributed by atoms with Gasteiger partial charge in [0.2, 0.25) is 5.89 Å². The van der Waals surface area contributed by atoms with Crippen LogP contribution in [0.2, 0.25) is 0 Å². The number of anilines is 2. The zero-order valence-electron chi connectivity index (χ0n) is 18.2. The summed E-state index contributed by atoms with van der Waals surface area (Å²) in [6.45, 7) is 5.52. The fourth-order valence-corrected chi connectivity index (χ4v) is 3.88. The van der Waals surface area contributed by atoms with E-state index in [9.17, 15) is 4.79 Å². The van der Waals surface area contributed by atoms with Crippen molar-refractivity contribution in [1.82, 2.24) is 34.9 Å². The van der Waals surface area contributed by atoms with E-state index < -0.39 is 0 Å². The summed E-state index contributed by atoms with van der Waals surface area (Å²) in [7, 11) is 0. The van der Waals surface area contributed by atoms with E-state index in [2.05, 4.69) is 35.7 Å². The Morgan fingerprint density at radius 1 is 1.18 bits per heavy atom. The molecule has 166 valence electrons. The molecule has 0 fully saturated rings. The van der Waals surface area contributed by atoms with Crippen LogP contribution in [0.4, 0.5) is 11.6 Å². The van der Waals surface area contributed by atoms with Crippen molar-refractivity contribution in [2.45, 2.75) is 26.8 Å². The molecular weight excluding hydrogens is 422 g/mol. The highest BCUT2D eigenvalue weighted by Gasteiger charge is 2.22. The number of fused-ring (bicyclic) bond motifs is 1. The zero-order valence-corrected chi connectivity index (χ0v) is 18.2. The molecule has 1 aromatic carbocycles. The molecule has 11 heteroatoms. The van der Waals surface area contributed by atoms with Gasteiger partial charge in [-0.05, 0) is 30.9 Å². The van der Waals surface area contributed by atoms with E-state index >= 15 is 0 Å². The number of hydrogen-bond acceptors (Lipinski definition) is 9. The number of H-pyrrole nitrogens is 1. The van der Waals surface area contributed by atoms with E-state index in [1.54, 1.807) is 23.8 Å². The Balaban J connectivity index is 1.66. The Hall–Kier alpha value is -4.54. The van der Waals surface area contributed by atoms with Gasteiger partial charge in [0.15, 0.2) is 5.82 Å². The summed E-state index contributed by atoms with van der Waals surface area (Å²) in [5.74, 6) is 1.69. The summed E-state index contributed by atoms with van der Waals surface area (Å²) in [5.41, 5.74) is 7.94. The number of aromatic amines is 1. The number of benzene rings is 1. The van der Waals surface area contributed by atoms with Crippen molar-refractivity contribution in [3.63, 3.8) is 0 Å². The predicted octanol–water partition coefficient (Wildman–Crippen LogP) is 2.93. The lowest BCUT2D eigenvalue weighted by atomic mass is 10.0. The minimum atomic E-state index is -0.378.